The molecule has 4 atom stereocenters. The molecule has 51 heavy (non-hydrogen) atoms. The van der Waals surface area contributed by atoms with E-state index in [-0.39, 0.29) is 50.6 Å². The number of nitrogens with one attached hydrogen (secondary N) is 2. The van der Waals surface area contributed by atoms with Crippen molar-refractivity contribution in [1.82, 2.24) is 20.7 Å². The first kappa shape index (κ1) is 42.2. The van der Waals surface area contributed by atoms with Crippen LogP contribution in [0.5, 0.6) is 5.75 Å². The molecule has 284 valence electrons. The second kappa shape index (κ2) is 21.3. The smallest absolute Gasteiger partial charge is 0.407 e. The molecule has 1 saturated heterocycles. The first-order valence-electron chi connectivity index (χ1n) is 16.5. The lowest BCUT2D eigenvalue weighted by molar-refractivity contribution is -0.197. The van der Waals surface area contributed by atoms with Crippen LogP contribution in [0.1, 0.15) is 77.3 Å². The van der Waals surface area contributed by atoms with Gasteiger partial charge in [0.25, 0.3) is 11.8 Å². The number of benzene rings is 1. The summed E-state index contributed by atoms with van der Waals surface area (Å²) in [6.45, 7) is 5.87. The van der Waals surface area contributed by atoms with E-state index in [1.54, 1.807) is 25.1 Å². The van der Waals surface area contributed by atoms with Gasteiger partial charge in [-0.1, -0.05) is 18.6 Å². The fraction of sp³-hybridized carbons (Fsp3) is 0.576. The zero-order valence-corrected chi connectivity index (χ0v) is 29.7. The monoisotopic (exact) mass is 722 g/mol. The molecule has 0 aliphatic carbocycles. The number of esters is 1. The Morgan fingerprint density at radius 3 is 2.35 bits per heavy atom. The van der Waals surface area contributed by atoms with Crippen molar-refractivity contribution in [3.8, 4) is 5.75 Å². The Kier molecular flexibility index (Phi) is 17.6. The van der Waals surface area contributed by atoms with Gasteiger partial charge < -0.3 is 50.3 Å². The van der Waals surface area contributed by atoms with Crippen LogP contribution in [0.25, 0.3) is 5.70 Å². The van der Waals surface area contributed by atoms with E-state index in [0.29, 0.717) is 47.7 Å². The standard InChI is InChI=1S/C33H50N6O12/c1-20(40)29(50-21(2)27(37-22(3)41)19-48-23(4)42)17-38(35)16-26(34)24-10-11-25(28(15-24)47-5)18-49-33(46)36-14-8-6-7-9-32(45)51-39-30(43)12-13-31(39)44/h10-11,15-16,20-21,27,29,40H,6-9,12-14,17-19,34-35H2,1-5H3,(H,36,46)(H,37,41)/b26-16-/t20-,21?,27+,29?/m1/s1. The van der Waals surface area contributed by atoms with Crippen molar-refractivity contribution < 1.29 is 57.7 Å². The topological polar surface area (TPSA) is 251 Å². The molecule has 0 saturated carbocycles. The minimum atomic E-state index is -0.963. The quantitative estimate of drug-likeness (QED) is 0.0386. The Morgan fingerprint density at radius 1 is 1.06 bits per heavy atom. The molecule has 4 amide bonds. The van der Waals surface area contributed by atoms with Crippen molar-refractivity contribution in [1.29, 1.82) is 0 Å². The molecule has 1 fully saturated rings. The number of unbranched alkanes of at least 4 members (excludes halogenated alkanes) is 2. The third-order valence-electron chi connectivity index (χ3n) is 7.55. The maximum absolute atomic E-state index is 12.2. The van der Waals surface area contributed by atoms with Crippen LogP contribution in [0.15, 0.2) is 24.4 Å². The second-order valence-electron chi connectivity index (χ2n) is 11.9. The van der Waals surface area contributed by atoms with E-state index in [4.69, 9.17) is 35.4 Å². The molecule has 0 spiro atoms. The number of alkyl carbamates (subject to hydrolysis) is 1. The van der Waals surface area contributed by atoms with Gasteiger partial charge in [-0.25, -0.2) is 15.4 Å². The van der Waals surface area contributed by atoms with E-state index in [2.05, 4.69) is 10.6 Å². The van der Waals surface area contributed by atoms with E-state index in [0.717, 1.165) is 0 Å². The van der Waals surface area contributed by atoms with Crippen LogP contribution in [0.2, 0.25) is 0 Å². The predicted octanol–water partition coefficient (Wildman–Crippen LogP) is 0.744. The number of hydrazine groups is 1. The summed E-state index contributed by atoms with van der Waals surface area (Å²) in [6.07, 6.45) is 0.0485. The van der Waals surface area contributed by atoms with Gasteiger partial charge in [-0.2, -0.15) is 0 Å². The van der Waals surface area contributed by atoms with Gasteiger partial charge >= 0.3 is 18.0 Å². The number of aliphatic hydroxyl groups is 1. The van der Waals surface area contributed by atoms with Crippen molar-refractivity contribution in [3.05, 3.63) is 35.5 Å². The zero-order valence-electron chi connectivity index (χ0n) is 29.7. The average Bonchev–Trinajstić information content (AvgIpc) is 3.38. The normalized spacial score (nSPS) is 15.4. The highest BCUT2D eigenvalue weighted by Gasteiger charge is 2.32. The number of hydrogen-bond acceptors (Lipinski definition) is 15. The van der Waals surface area contributed by atoms with Gasteiger partial charge in [-0.3, -0.25) is 19.2 Å². The van der Waals surface area contributed by atoms with Crippen LogP contribution < -0.4 is 26.9 Å². The number of methoxy groups -OCH3 is 1. The number of imide groups is 1. The summed E-state index contributed by atoms with van der Waals surface area (Å²) in [5.41, 5.74) is 7.68. The summed E-state index contributed by atoms with van der Waals surface area (Å²) >= 11 is 0. The molecule has 1 aromatic carbocycles. The third-order valence-corrected chi connectivity index (χ3v) is 7.55. The lowest BCUT2D eigenvalue weighted by Crippen LogP contribution is -2.50. The number of carbonyl (C=O) groups is 6. The Labute approximate surface area is 296 Å². The van der Waals surface area contributed by atoms with Gasteiger partial charge in [0, 0.05) is 57.0 Å². The van der Waals surface area contributed by atoms with Crippen LogP contribution in [0.4, 0.5) is 4.79 Å². The minimum Gasteiger partial charge on any atom is -0.496 e. The van der Waals surface area contributed by atoms with Crippen LogP contribution >= 0.6 is 0 Å². The molecule has 1 heterocycles. The first-order valence-corrected chi connectivity index (χ1v) is 16.5. The summed E-state index contributed by atoms with van der Waals surface area (Å²) < 4.78 is 21.8. The number of amides is 4. The van der Waals surface area contributed by atoms with E-state index in [1.165, 1.54) is 39.1 Å². The van der Waals surface area contributed by atoms with Crippen molar-refractivity contribution >= 4 is 41.5 Å². The minimum absolute atomic E-state index is 0.0108. The Balaban J connectivity index is 1.84. The molecular weight excluding hydrogens is 672 g/mol. The van der Waals surface area contributed by atoms with Gasteiger partial charge in [0.15, 0.2) is 0 Å². The van der Waals surface area contributed by atoms with Gasteiger partial charge in [-0.15, -0.1) is 5.06 Å². The Morgan fingerprint density at radius 2 is 1.75 bits per heavy atom. The molecule has 1 aliphatic rings. The molecule has 2 unspecified atom stereocenters. The van der Waals surface area contributed by atoms with Crippen molar-refractivity contribution in [2.24, 2.45) is 11.6 Å². The molecule has 0 bridgehead atoms. The molecule has 7 N–H and O–H groups in total. The van der Waals surface area contributed by atoms with Crippen molar-refractivity contribution in [2.45, 2.75) is 97.2 Å². The van der Waals surface area contributed by atoms with Crippen molar-refractivity contribution in [3.63, 3.8) is 0 Å². The largest absolute Gasteiger partial charge is 0.496 e. The summed E-state index contributed by atoms with van der Waals surface area (Å²) in [5, 5.41) is 17.4. The van der Waals surface area contributed by atoms with Crippen LogP contribution in [0, 0.1) is 0 Å². The number of nitrogens with two attached hydrogens (primary N) is 2. The highest BCUT2D eigenvalue weighted by Crippen LogP contribution is 2.24. The van der Waals surface area contributed by atoms with Gasteiger partial charge in [0.1, 0.15) is 25.1 Å². The molecule has 0 aromatic heterocycles. The third kappa shape index (κ3) is 15.2. The number of hydroxylamine groups is 2. The van der Waals surface area contributed by atoms with E-state index in [9.17, 15) is 33.9 Å². The molecular formula is C33H50N6O12. The summed E-state index contributed by atoms with van der Waals surface area (Å²) in [7, 11) is 1.45. The number of nitrogens with zero attached hydrogens (tertiary/aromatic N) is 2. The SMILES string of the molecule is COc1cc(/C(N)=C/N(N)CC(OC(C)[C@H](COC(C)=O)NC(C)=O)[C@@H](C)O)ccc1COC(=O)NCCCCCC(=O)ON1C(=O)CCC1=O. The molecule has 18 heteroatoms. The number of ether oxygens (including phenoxy) is 4. The molecule has 18 nitrogen and oxygen atoms in total. The van der Waals surface area contributed by atoms with E-state index < -0.39 is 54.2 Å². The number of rotatable bonds is 21. The van der Waals surface area contributed by atoms with E-state index in [1.807, 2.05) is 0 Å². The highest BCUT2D eigenvalue weighted by atomic mass is 16.7. The molecule has 1 aromatic rings. The van der Waals surface area contributed by atoms with Crippen molar-refractivity contribution in [2.75, 3.05) is 26.8 Å². The highest BCUT2D eigenvalue weighted by molar-refractivity contribution is 6.01. The van der Waals surface area contributed by atoms with Crippen LogP contribution in [-0.2, 0) is 49.6 Å². The number of carbonyl (C=O) groups excluding carboxylic acids is 6. The Hall–Kier alpha value is -4.94. The maximum Gasteiger partial charge on any atom is 0.407 e. The van der Waals surface area contributed by atoms with Crippen LogP contribution in [-0.4, -0.2) is 102 Å². The molecule has 2 rings (SSSR count). The number of hydrogen-bond donors (Lipinski definition) is 5. The summed E-state index contributed by atoms with van der Waals surface area (Å²) in [4.78, 5) is 74.9. The van der Waals surface area contributed by atoms with Crippen LogP contribution in [0.3, 0.4) is 0 Å². The van der Waals surface area contributed by atoms with Gasteiger partial charge in [0.2, 0.25) is 5.91 Å². The maximum atomic E-state index is 12.2. The average molecular weight is 723 g/mol. The number of aliphatic hydroxyl groups excluding tert-OH is 1. The summed E-state index contributed by atoms with van der Waals surface area (Å²) in [6, 6.07) is 4.35. The second-order valence-corrected chi connectivity index (χ2v) is 11.9. The first-order chi connectivity index (χ1) is 24.1. The summed E-state index contributed by atoms with van der Waals surface area (Å²) in [5.74, 6) is 4.00. The lowest BCUT2D eigenvalue weighted by atomic mass is 10.1. The molecule has 0 radical (unpaired) electrons. The van der Waals surface area contributed by atoms with Gasteiger partial charge in [0.05, 0.1) is 37.6 Å². The zero-order chi connectivity index (χ0) is 38.1. The van der Waals surface area contributed by atoms with Gasteiger partial charge in [-0.05, 0) is 32.8 Å². The predicted molar refractivity (Wildman–Crippen MR) is 180 cm³/mol. The fourth-order valence-electron chi connectivity index (χ4n) is 4.76. The Bertz CT molecular complexity index is 1390. The molecule has 1 aliphatic heterocycles. The lowest BCUT2D eigenvalue weighted by Gasteiger charge is -2.31. The van der Waals surface area contributed by atoms with E-state index >= 15 is 0 Å². The fourth-order valence-corrected chi connectivity index (χ4v) is 4.76.